The van der Waals surface area contributed by atoms with Gasteiger partial charge in [0, 0.05) is 18.7 Å². The van der Waals surface area contributed by atoms with Crippen LogP contribution in [0.2, 0.25) is 0 Å². The molecule has 3 aromatic rings. The van der Waals surface area contributed by atoms with E-state index in [0.29, 0.717) is 10.9 Å². The number of benzene rings is 2. The summed E-state index contributed by atoms with van der Waals surface area (Å²) in [7, 11) is 0. The molecule has 0 unspecified atom stereocenters. The van der Waals surface area contributed by atoms with Crippen molar-refractivity contribution < 1.29 is 9.59 Å². The lowest BCUT2D eigenvalue weighted by atomic mass is 10.1. The van der Waals surface area contributed by atoms with Crippen LogP contribution in [0.1, 0.15) is 24.5 Å². The number of hydrogen-bond donors (Lipinski definition) is 2. The Morgan fingerprint density at radius 1 is 1.07 bits per heavy atom. The molecule has 0 aliphatic carbocycles. The summed E-state index contributed by atoms with van der Waals surface area (Å²) in [5.74, 6) is -0.598. The lowest BCUT2D eigenvalue weighted by Gasteiger charge is -2.11. The van der Waals surface area contributed by atoms with Gasteiger partial charge in [-0.2, -0.15) is 0 Å². The number of amides is 2. The van der Waals surface area contributed by atoms with Crippen molar-refractivity contribution in [2.75, 3.05) is 11.9 Å². The molecule has 1 heterocycles. The zero-order valence-electron chi connectivity index (χ0n) is 16.6. The van der Waals surface area contributed by atoms with Gasteiger partial charge in [-0.15, -0.1) is 0 Å². The van der Waals surface area contributed by atoms with Crippen molar-refractivity contribution in [2.45, 2.75) is 33.2 Å². The molecule has 0 aliphatic rings. The minimum Gasteiger partial charge on any atom is -0.347 e. The molecule has 0 saturated heterocycles. The quantitative estimate of drug-likeness (QED) is 0.646. The van der Waals surface area contributed by atoms with Crippen LogP contribution in [0.5, 0.6) is 0 Å². The van der Waals surface area contributed by atoms with E-state index in [9.17, 15) is 14.4 Å². The van der Waals surface area contributed by atoms with E-state index >= 15 is 0 Å². The number of hydrogen-bond acceptors (Lipinski definition) is 4. The maximum atomic E-state index is 12.6. The molecule has 1 aromatic heterocycles. The largest absolute Gasteiger partial charge is 0.347 e. The Labute approximate surface area is 168 Å². The van der Waals surface area contributed by atoms with Crippen LogP contribution in [0.3, 0.4) is 0 Å². The molecule has 0 radical (unpaired) electrons. The van der Waals surface area contributed by atoms with Crippen molar-refractivity contribution in [1.29, 1.82) is 0 Å². The van der Waals surface area contributed by atoms with Crippen LogP contribution in [0.15, 0.2) is 53.6 Å². The summed E-state index contributed by atoms with van der Waals surface area (Å²) in [5, 5.41) is 5.93. The van der Waals surface area contributed by atoms with Crippen molar-refractivity contribution in [3.8, 4) is 0 Å². The number of aryl methyl sites for hydroxylation is 3. The highest BCUT2D eigenvalue weighted by Crippen LogP contribution is 2.15. The van der Waals surface area contributed by atoms with Gasteiger partial charge in [0.2, 0.25) is 11.8 Å². The van der Waals surface area contributed by atoms with Gasteiger partial charge in [-0.1, -0.05) is 37.3 Å². The molecule has 0 fully saturated rings. The molecule has 0 atom stereocenters. The van der Waals surface area contributed by atoms with Crippen molar-refractivity contribution in [3.05, 3.63) is 70.3 Å². The maximum Gasteiger partial charge on any atom is 0.261 e. The summed E-state index contributed by atoms with van der Waals surface area (Å²) in [5.41, 5.74) is 3.20. The zero-order valence-corrected chi connectivity index (χ0v) is 16.6. The highest BCUT2D eigenvalue weighted by Gasteiger charge is 2.10. The van der Waals surface area contributed by atoms with Gasteiger partial charge in [-0.3, -0.25) is 19.0 Å². The number of aromatic nitrogens is 2. The van der Waals surface area contributed by atoms with E-state index in [1.54, 1.807) is 6.07 Å². The second kappa shape index (κ2) is 9.14. The monoisotopic (exact) mass is 392 g/mol. The molecule has 0 aliphatic heterocycles. The van der Waals surface area contributed by atoms with Gasteiger partial charge in [0.1, 0.15) is 0 Å². The summed E-state index contributed by atoms with van der Waals surface area (Å²) in [6.07, 6.45) is 2.34. The first-order chi connectivity index (χ1) is 14.0. The van der Waals surface area contributed by atoms with Gasteiger partial charge in [0.25, 0.3) is 5.56 Å². The Hall–Kier alpha value is -3.48. The second-order valence-corrected chi connectivity index (χ2v) is 6.80. The molecule has 2 amide bonds. The van der Waals surface area contributed by atoms with Gasteiger partial charge >= 0.3 is 0 Å². The molecule has 0 saturated carbocycles. The first-order valence-electron chi connectivity index (χ1n) is 9.58. The van der Waals surface area contributed by atoms with E-state index in [0.717, 1.165) is 23.2 Å². The number of nitrogens with one attached hydrogen (secondary N) is 2. The molecule has 7 heteroatoms. The fourth-order valence-electron chi connectivity index (χ4n) is 3.13. The number of fused-ring (bicyclic) bond motifs is 1. The third-order valence-corrected chi connectivity index (χ3v) is 4.75. The lowest BCUT2D eigenvalue weighted by molar-refractivity contribution is -0.124. The summed E-state index contributed by atoms with van der Waals surface area (Å²) in [6, 6.07) is 13.0. The normalized spacial score (nSPS) is 10.7. The van der Waals surface area contributed by atoms with Crippen LogP contribution in [-0.2, 0) is 22.6 Å². The number of nitrogens with zero attached hydrogens (tertiary/aromatic N) is 2. The molecule has 29 heavy (non-hydrogen) atoms. The van der Waals surface area contributed by atoms with Crippen LogP contribution >= 0.6 is 0 Å². The Kier molecular flexibility index (Phi) is 6.39. The molecule has 2 aromatic carbocycles. The Morgan fingerprint density at radius 3 is 2.66 bits per heavy atom. The van der Waals surface area contributed by atoms with E-state index in [-0.39, 0.29) is 36.9 Å². The van der Waals surface area contributed by atoms with E-state index in [2.05, 4.69) is 15.6 Å². The summed E-state index contributed by atoms with van der Waals surface area (Å²) in [6.45, 7) is 3.98. The van der Waals surface area contributed by atoms with E-state index in [1.165, 1.54) is 10.9 Å². The SMILES string of the molecule is CCc1ccccc1NC(=O)CNC(=O)CCn1cnc2c(C)cccc2c1=O. The van der Waals surface area contributed by atoms with Crippen LogP contribution in [0.4, 0.5) is 5.69 Å². The number of rotatable bonds is 7. The van der Waals surface area contributed by atoms with Gasteiger partial charge in [0.15, 0.2) is 0 Å². The third kappa shape index (κ3) is 4.87. The number of carbonyl (C=O) groups excluding carboxylic acids is 2. The summed E-state index contributed by atoms with van der Waals surface area (Å²) >= 11 is 0. The molecule has 0 spiro atoms. The van der Waals surface area contributed by atoms with Crippen molar-refractivity contribution >= 4 is 28.4 Å². The van der Waals surface area contributed by atoms with Crippen molar-refractivity contribution in [3.63, 3.8) is 0 Å². The fourth-order valence-corrected chi connectivity index (χ4v) is 3.13. The van der Waals surface area contributed by atoms with Crippen LogP contribution in [0.25, 0.3) is 10.9 Å². The maximum absolute atomic E-state index is 12.6. The summed E-state index contributed by atoms with van der Waals surface area (Å²) in [4.78, 5) is 41.1. The summed E-state index contributed by atoms with van der Waals surface area (Å²) < 4.78 is 1.42. The topological polar surface area (TPSA) is 93.1 Å². The van der Waals surface area contributed by atoms with Crippen molar-refractivity contribution in [2.24, 2.45) is 0 Å². The number of carbonyl (C=O) groups is 2. The number of anilines is 1. The predicted octanol–water partition coefficient (Wildman–Crippen LogP) is 2.41. The zero-order chi connectivity index (χ0) is 20.8. The van der Waals surface area contributed by atoms with Gasteiger partial charge in [0.05, 0.1) is 23.8 Å². The Balaban J connectivity index is 1.54. The molecule has 7 nitrogen and oxygen atoms in total. The van der Waals surface area contributed by atoms with Gasteiger partial charge in [-0.05, 0) is 36.6 Å². The number of para-hydroxylation sites is 2. The second-order valence-electron chi connectivity index (χ2n) is 6.80. The van der Waals surface area contributed by atoms with E-state index in [1.807, 2.05) is 50.2 Å². The Morgan fingerprint density at radius 2 is 1.86 bits per heavy atom. The standard InChI is InChI=1S/C22H24N4O3/c1-3-16-8-4-5-10-18(16)25-20(28)13-23-19(27)11-12-26-14-24-21-15(2)7-6-9-17(21)22(26)29/h4-10,14H,3,11-13H2,1-2H3,(H,23,27)(H,25,28). The first kappa shape index (κ1) is 20.3. The van der Waals surface area contributed by atoms with Crippen molar-refractivity contribution in [1.82, 2.24) is 14.9 Å². The highest BCUT2D eigenvalue weighted by molar-refractivity contribution is 5.95. The predicted molar refractivity (Wildman–Crippen MR) is 113 cm³/mol. The van der Waals surface area contributed by atoms with Gasteiger partial charge in [-0.25, -0.2) is 4.98 Å². The molecule has 150 valence electrons. The molecule has 2 N–H and O–H groups in total. The third-order valence-electron chi connectivity index (χ3n) is 4.75. The minimum atomic E-state index is -0.305. The molecule has 3 rings (SSSR count). The average molecular weight is 392 g/mol. The average Bonchev–Trinajstić information content (AvgIpc) is 2.72. The van der Waals surface area contributed by atoms with Crippen LogP contribution in [0, 0.1) is 6.92 Å². The molecular formula is C22H24N4O3. The minimum absolute atomic E-state index is 0.0811. The van der Waals surface area contributed by atoms with E-state index in [4.69, 9.17) is 0 Å². The molecule has 0 bridgehead atoms. The van der Waals surface area contributed by atoms with E-state index < -0.39 is 0 Å². The van der Waals surface area contributed by atoms with Crippen LogP contribution < -0.4 is 16.2 Å². The first-order valence-corrected chi connectivity index (χ1v) is 9.58. The van der Waals surface area contributed by atoms with Gasteiger partial charge < -0.3 is 10.6 Å². The smallest absolute Gasteiger partial charge is 0.261 e. The van der Waals surface area contributed by atoms with Crippen LogP contribution in [-0.4, -0.2) is 27.9 Å². The highest BCUT2D eigenvalue weighted by atomic mass is 16.2. The lowest BCUT2D eigenvalue weighted by Crippen LogP contribution is -2.34. The molecular weight excluding hydrogens is 368 g/mol. The Bertz CT molecular complexity index is 1100. The fraction of sp³-hybridized carbons (Fsp3) is 0.273.